The second-order valence-electron chi connectivity index (χ2n) is 5.61. The van der Waals surface area contributed by atoms with Gasteiger partial charge in [0.2, 0.25) is 11.8 Å². The lowest BCUT2D eigenvalue weighted by molar-refractivity contribution is -0.120. The first-order chi connectivity index (χ1) is 11.0. The number of rotatable bonds is 3. The summed E-state index contributed by atoms with van der Waals surface area (Å²) >= 11 is 1.44. The van der Waals surface area contributed by atoms with E-state index in [4.69, 9.17) is 0 Å². The number of para-hydroxylation sites is 2. The van der Waals surface area contributed by atoms with Crippen LogP contribution in [0.5, 0.6) is 0 Å². The summed E-state index contributed by atoms with van der Waals surface area (Å²) in [5.74, 6) is -0.264. The summed E-state index contributed by atoms with van der Waals surface area (Å²) in [5, 5.41) is 5.39. The van der Waals surface area contributed by atoms with Crippen molar-refractivity contribution in [2.24, 2.45) is 0 Å². The van der Waals surface area contributed by atoms with E-state index in [-0.39, 0.29) is 18.2 Å². The molecule has 0 saturated heterocycles. The van der Waals surface area contributed by atoms with Crippen molar-refractivity contribution < 1.29 is 9.59 Å². The highest BCUT2D eigenvalue weighted by Crippen LogP contribution is 2.36. The molecule has 0 aliphatic carbocycles. The van der Waals surface area contributed by atoms with Crippen molar-refractivity contribution in [1.82, 2.24) is 0 Å². The summed E-state index contributed by atoms with van der Waals surface area (Å²) in [6, 6.07) is 13.5. The lowest BCUT2D eigenvalue weighted by atomic mass is 10.1. The van der Waals surface area contributed by atoms with Gasteiger partial charge < -0.3 is 10.6 Å². The highest BCUT2D eigenvalue weighted by molar-refractivity contribution is 8.01. The fourth-order valence-electron chi connectivity index (χ4n) is 2.60. The molecule has 2 aromatic rings. The van der Waals surface area contributed by atoms with Crippen LogP contribution >= 0.6 is 11.8 Å². The number of fused-ring (bicyclic) bond motifs is 1. The van der Waals surface area contributed by atoms with E-state index in [1.54, 1.807) is 0 Å². The van der Waals surface area contributed by atoms with Gasteiger partial charge in [-0.1, -0.05) is 30.3 Å². The highest BCUT2D eigenvalue weighted by Gasteiger charge is 2.28. The van der Waals surface area contributed by atoms with Crippen LogP contribution in [-0.4, -0.2) is 17.1 Å². The fourth-order valence-corrected chi connectivity index (χ4v) is 3.71. The molecule has 2 aromatic carbocycles. The van der Waals surface area contributed by atoms with Crippen molar-refractivity contribution in [3.8, 4) is 0 Å². The number of nitrogens with one attached hydrogen (secondary N) is 2. The minimum atomic E-state index is -0.408. The van der Waals surface area contributed by atoms with Crippen LogP contribution in [0, 0.1) is 13.8 Å². The molecule has 2 N–H and O–H groups in total. The van der Waals surface area contributed by atoms with E-state index in [2.05, 4.69) is 10.6 Å². The number of hydrogen-bond donors (Lipinski definition) is 2. The van der Waals surface area contributed by atoms with E-state index in [9.17, 15) is 9.59 Å². The molecule has 3 rings (SSSR count). The Morgan fingerprint density at radius 1 is 1.13 bits per heavy atom. The third-order valence-electron chi connectivity index (χ3n) is 3.82. The third-order valence-corrected chi connectivity index (χ3v) is 5.10. The summed E-state index contributed by atoms with van der Waals surface area (Å²) in [6.07, 6.45) is 0.151. The van der Waals surface area contributed by atoms with E-state index in [1.807, 2.05) is 56.3 Å². The number of hydrogen-bond acceptors (Lipinski definition) is 3. The zero-order valence-corrected chi connectivity index (χ0v) is 13.9. The van der Waals surface area contributed by atoms with Gasteiger partial charge in [-0.05, 0) is 37.1 Å². The number of amides is 2. The molecule has 4 nitrogen and oxygen atoms in total. The van der Waals surface area contributed by atoms with Crippen molar-refractivity contribution in [3.63, 3.8) is 0 Å². The van der Waals surface area contributed by atoms with Gasteiger partial charge in [0.1, 0.15) is 0 Å². The van der Waals surface area contributed by atoms with Crippen LogP contribution in [0.15, 0.2) is 47.4 Å². The Morgan fingerprint density at radius 2 is 1.83 bits per heavy atom. The second-order valence-corrected chi connectivity index (χ2v) is 6.86. The van der Waals surface area contributed by atoms with Crippen LogP contribution in [0.2, 0.25) is 0 Å². The Kier molecular flexibility index (Phi) is 4.39. The van der Waals surface area contributed by atoms with Gasteiger partial charge in [-0.3, -0.25) is 9.59 Å². The van der Waals surface area contributed by atoms with Gasteiger partial charge in [0.25, 0.3) is 0 Å². The van der Waals surface area contributed by atoms with Gasteiger partial charge in [-0.2, -0.15) is 0 Å². The standard InChI is InChI=1S/C18H18N2O2S/c1-11-6-5-7-12(2)17(11)20-16(21)10-15-18(22)19-13-8-3-4-9-14(13)23-15/h3-9,15H,10H2,1-2H3,(H,19,22)(H,20,21)/t15-/m1/s1. The lowest BCUT2D eigenvalue weighted by Gasteiger charge is -2.23. The Labute approximate surface area is 139 Å². The van der Waals surface area contributed by atoms with Crippen LogP contribution < -0.4 is 10.6 Å². The van der Waals surface area contributed by atoms with Crippen molar-refractivity contribution in [1.29, 1.82) is 0 Å². The zero-order chi connectivity index (χ0) is 16.4. The average molecular weight is 326 g/mol. The number of aryl methyl sites for hydroxylation is 2. The predicted octanol–water partition coefficient (Wildman–Crippen LogP) is 3.75. The van der Waals surface area contributed by atoms with E-state index in [0.29, 0.717) is 0 Å². The minimum absolute atomic E-state index is 0.120. The monoisotopic (exact) mass is 326 g/mol. The van der Waals surface area contributed by atoms with Crippen molar-refractivity contribution in [2.45, 2.75) is 30.4 Å². The van der Waals surface area contributed by atoms with Crippen LogP contribution in [0.25, 0.3) is 0 Å². The summed E-state index contributed by atoms with van der Waals surface area (Å²) < 4.78 is 0. The summed E-state index contributed by atoms with van der Waals surface area (Å²) in [5.41, 5.74) is 3.68. The first kappa shape index (κ1) is 15.6. The number of anilines is 2. The Bertz CT molecular complexity index is 753. The molecule has 0 fully saturated rings. The molecule has 118 valence electrons. The van der Waals surface area contributed by atoms with Gasteiger partial charge in [0, 0.05) is 17.0 Å². The number of carbonyl (C=O) groups is 2. The molecule has 0 radical (unpaired) electrons. The largest absolute Gasteiger partial charge is 0.326 e. The molecule has 2 amide bonds. The van der Waals surface area contributed by atoms with Crippen molar-refractivity contribution >= 4 is 35.0 Å². The van der Waals surface area contributed by atoms with E-state index >= 15 is 0 Å². The van der Waals surface area contributed by atoms with E-state index in [1.165, 1.54) is 11.8 Å². The minimum Gasteiger partial charge on any atom is -0.326 e. The first-order valence-electron chi connectivity index (χ1n) is 7.47. The van der Waals surface area contributed by atoms with Gasteiger partial charge >= 0.3 is 0 Å². The van der Waals surface area contributed by atoms with Crippen LogP contribution in [0.1, 0.15) is 17.5 Å². The smallest absolute Gasteiger partial charge is 0.238 e. The van der Waals surface area contributed by atoms with Crippen LogP contribution in [0.3, 0.4) is 0 Å². The zero-order valence-electron chi connectivity index (χ0n) is 13.1. The molecule has 1 aliphatic rings. The first-order valence-corrected chi connectivity index (χ1v) is 8.35. The molecular weight excluding hydrogens is 308 g/mol. The summed E-state index contributed by atoms with van der Waals surface area (Å²) in [6.45, 7) is 3.92. The van der Waals surface area contributed by atoms with Gasteiger partial charge in [0.05, 0.1) is 10.9 Å². The van der Waals surface area contributed by atoms with Crippen LogP contribution in [0.4, 0.5) is 11.4 Å². The number of benzene rings is 2. The Balaban J connectivity index is 1.70. The molecule has 1 atom stereocenters. The SMILES string of the molecule is Cc1cccc(C)c1NC(=O)C[C@H]1Sc2ccccc2NC1=O. The molecular formula is C18H18N2O2S. The molecule has 23 heavy (non-hydrogen) atoms. The van der Waals surface area contributed by atoms with E-state index < -0.39 is 5.25 Å². The molecule has 0 spiro atoms. The molecule has 0 unspecified atom stereocenters. The lowest BCUT2D eigenvalue weighted by Crippen LogP contribution is -2.32. The third kappa shape index (κ3) is 3.40. The number of thioether (sulfide) groups is 1. The summed E-state index contributed by atoms with van der Waals surface area (Å²) in [4.78, 5) is 25.5. The quantitative estimate of drug-likeness (QED) is 0.903. The highest BCUT2D eigenvalue weighted by atomic mass is 32.2. The van der Waals surface area contributed by atoms with Crippen molar-refractivity contribution in [3.05, 3.63) is 53.6 Å². The molecule has 1 heterocycles. The Morgan fingerprint density at radius 3 is 2.57 bits per heavy atom. The predicted molar refractivity (Wildman–Crippen MR) is 93.9 cm³/mol. The molecule has 0 aromatic heterocycles. The molecule has 1 aliphatic heterocycles. The maximum absolute atomic E-state index is 12.3. The maximum atomic E-state index is 12.3. The normalized spacial score (nSPS) is 16.4. The van der Waals surface area contributed by atoms with Gasteiger partial charge in [-0.15, -0.1) is 11.8 Å². The van der Waals surface area contributed by atoms with Gasteiger partial charge in [0.15, 0.2) is 0 Å². The van der Waals surface area contributed by atoms with Crippen molar-refractivity contribution in [2.75, 3.05) is 10.6 Å². The fraction of sp³-hybridized carbons (Fsp3) is 0.222. The summed E-state index contributed by atoms with van der Waals surface area (Å²) in [7, 11) is 0. The Hall–Kier alpha value is -2.27. The maximum Gasteiger partial charge on any atom is 0.238 e. The van der Waals surface area contributed by atoms with E-state index in [0.717, 1.165) is 27.4 Å². The molecule has 0 saturated carbocycles. The number of carbonyl (C=O) groups excluding carboxylic acids is 2. The van der Waals surface area contributed by atoms with Gasteiger partial charge in [-0.25, -0.2) is 0 Å². The van der Waals surface area contributed by atoms with Crippen LogP contribution in [-0.2, 0) is 9.59 Å². The topological polar surface area (TPSA) is 58.2 Å². The second kappa shape index (κ2) is 6.46. The molecule has 5 heteroatoms. The average Bonchev–Trinajstić information content (AvgIpc) is 2.52. The molecule has 0 bridgehead atoms.